The van der Waals surface area contributed by atoms with Gasteiger partial charge in [0.15, 0.2) is 0 Å². The highest BCUT2D eigenvalue weighted by atomic mass is 16.3. The molecular formula is C12H24N6O2. The van der Waals surface area contributed by atoms with Crippen molar-refractivity contribution in [2.45, 2.75) is 26.8 Å². The maximum atomic E-state index is 9.11. The third-order valence-electron chi connectivity index (χ3n) is 2.78. The third kappa shape index (κ3) is 4.46. The van der Waals surface area contributed by atoms with Crippen molar-refractivity contribution in [2.75, 3.05) is 48.4 Å². The minimum absolute atomic E-state index is 0.195. The van der Waals surface area contributed by atoms with Gasteiger partial charge in [-0.15, -0.1) is 0 Å². The zero-order chi connectivity index (χ0) is 15.0. The monoisotopic (exact) mass is 284 g/mol. The standard InChI is InChI=1S/C12H24N6O2/c1-4-13-10-15-11(14-9(7-19)8-20)17-12(16-10)18(5-2)6-3/h9,19-20H,4-8H2,1-3H3,(H2,13,14,15,16,17). The van der Waals surface area contributed by atoms with Gasteiger partial charge in [-0.3, -0.25) is 0 Å². The van der Waals surface area contributed by atoms with Crippen LogP contribution in [0.4, 0.5) is 17.8 Å². The van der Waals surface area contributed by atoms with Crippen molar-refractivity contribution in [3.63, 3.8) is 0 Å². The SMILES string of the molecule is CCNc1nc(NC(CO)CO)nc(N(CC)CC)n1. The average Bonchev–Trinajstić information content (AvgIpc) is 2.46. The second kappa shape index (κ2) is 8.49. The molecule has 0 aliphatic carbocycles. The van der Waals surface area contributed by atoms with E-state index in [-0.39, 0.29) is 13.2 Å². The highest BCUT2D eigenvalue weighted by Crippen LogP contribution is 2.14. The van der Waals surface area contributed by atoms with Crippen molar-refractivity contribution >= 4 is 17.8 Å². The summed E-state index contributed by atoms with van der Waals surface area (Å²) in [6, 6.07) is -0.489. The fourth-order valence-corrected chi connectivity index (χ4v) is 1.65. The van der Waals surface area contributed by atoms with E-state index in [0.717, 1.165) is 13.1 Å². The van der Waals surface area contributed by atoms with Gasteiger partial charge in [-0.25, -0.2) is 0 Å². The number of nitrogens with zero attached hydrogens (tertiary/aromatic N) is 4. The molecule has 0 amide bonds. The van der Waals surface area contributed by atoms with Gasteiger partial charge in [0.2, 0.25) is 17.8 Å². The molecule has 0 bridgehead atoms. The van der Waals surface area contributed by atoms with Crippen LogP contribution in [0.3, 0.4) is 0 Å². The zero-order valence-electron chi connectivity index (χ0n) is 12.3. The van der Waals surface area contributed by atoms with E-state index < -0.39 is 6.04 Å². The molecule has 0 fully saturated rings. The van der Waals surface area contributed by atoms with Gasteiger partial charge in [0.05, 0.1) is 19.3 Å². The quantitative estimate of drug-likeness (QED) is 0.499. The van der Waals surface area contributed by atoms with Gasteiger partial charge in [0.25, 0.3) is 0 Å². The van der Waals surface area contributed by atoms with Crippen LogP contribution < -0.4 is 15.5 Å². The molecule has 1 aromatic rings. The molecule has 0 aromatic carbocycles. The van der Waals surface area contributed by atoms with E-state index in [9.17, 15) is 0 Å². The highest BCUT2D eigenvalue weighted by molar-refractivity contribution is 5.44. The van der Waals surface area contributed by atoms with Gasteiger partial charge in [-0.2, -0.15) is 15.0 Å². The maximum Gasteiger partial charge on any atom is 0.231 e. The average molecular weight is 284 g/mol. The number of anilines is 3. The van der Waals surface area contributed by atoms with Crippen LogP contribution in [-0.4, -0.2) is 64.1 Å². The van der Waals surface area contributed by atoms with E-state index >= 15 is 0 Å². The molecule has 8 heteroatoms. The highest BCUT2D eigenvalue weighted by Gasteiger charge is 2.13. The normalized spacial score (nSPS) is 10.7. The Morgan fingerprint density at radius 2 is 1.60 bits per heavy atom. The van der Waals surface area contributed by atoms with E-state index in [2.05, 4.69) is 25.6 Å². The van der Waals surface area contributed by atoms with E-state index in [1.54, 1.807) is 0 Å². The van der Waals surface area contributed by atoms with Crippen LogP contribution in [0.15, 0.2) is 0 Å². The van der Waals surface area contributed by atoms with Gasteiger partial charge >= 0.3 is 0 Å². The molecule has 114 valence electrons. The molecule has 0 saturated heterocycles. The second-order valence-electron chi connectivity index (χ2n) is 4.19. The molecule has 0 spiro atoms. The van der Waals surface area contributed by atoms with Crippen molar-refractivity contribution in [1.29, 1.82) is 0 Å². The summed E-state index contributed by atoms with van der Waals surface area (Å²) in [5.74, 6) is 1.38. The lowest BCUT2D eigenvalue weighted by atomic mass is 10.3. The third-order valence-corrected chi connectivity index (χ3v) is 2.78. The van der Waals surface area contributed by atoms with Crippen molar-refractivity contribution in [1.82, 2.24) is 15.0 Å². The predicted molar refractivity (Wildman–Crippen MR) is 79.1 cm³/mol. The minimum atomic E-state index is -0.489. The van der Waals surface area contributed by atoms with Crippen LogP contribution in [0.25, 0.3) is 0 Å². The molecule has 0 unspecified atom stereocenters. The summed E-state index contributed by atoms with van der Waals surface area (Å²) in [6.07, 6.45) is 0. The zero-order valence-corrected chi connectivity index (χ0v) is 12.3. The predicted octanol–water partition coefficient (Wildman–Crippen LogP) is -0.0853. The molecule has 0 atom stereocenters. The van der Waals surface area contributed by atoms with Crippen LogP contribution in [0.2, 0.25) is 0 Å². The summed E-state index contributed by atoms with van der Waals surface area (Å²) >= 11 is 0. The fraction of sp³-hybridized carbons (Fsp3) is 0.750. The maximum absolute atomic E-state index is 9.11. The van der Waals surface area contributed by atoms with Crippen LogP contribution in [0, 0.1) is 0 Å². The Kier molecular flexibility index (Phi) is 6.96. The summed E-state index contributed by atoms with van der Waals surface area (Å²) in [5.41, 5.74) is 0. The van der Waals surface area contributed by atoms with E-state index in [1.807, 2.05) is 25.7 Å². The smallest absolute Gasteiger partial charge is 0.231 e. The van der Waals surface area contributed by atoms with E-state index in [4.69, 9.17) is 10.2 Å². The topological polar surface area (TPSA) is 106 Å². The van der Waals surface area contributed by atoms with Crippen LogP contribution in [-0.2, 0) is 0 Å². The summed E-state index contributed by atoms with van der Waals surface area (Å²) in [5, 5.41) is 24.2. The van der Waals surface area contributed by atoms with Crippen molar-refractivity contribution in [3.8, 4) is 0 Å². The van der Waals surface area contributed by atoms with E-state index in [1.165, 1.54) is 0 Å². The van der Waals surface area contributed by atoms with Gasteiger partial charge in [0, 0.05) is 19.6 Å². The van der Waals surface area contributed by atoms with Crippen molar-refractivity contribution in [3.05, 3.63) is 0 Å². The van der Waals surface area contributed by atoms with Crippen LogP contribution >= 0.6 is 0 Å². The second-order valence-corrected chi connectivity index (χ2v) is 4.19. The first-order valence-corrected chi connectivity index (χ1v) is 6.91. The summed E-state index contributed by atoms with van der Waals surface area (Å²) < 4.78 is 0. The fourth-order valence-electron chi connectivity index (χ4n) is 1.65. The summed E-state index contributed by atoms with van der Waals surface area (Å²) in [4.78, 5) is 14.9. The number of aliphatic hydroxyl groups is 2. The van der Waals surface area contributed by atoms with Gasteiger partial charge in [-0.05, 0) is 20.8 Å². The Balaban J connectivity index is 3.03. The lowest BCUT2D eigenvalue weighted by molar-refractivity contribution is 0.203. The Morgan fingerprint density at radius 3 is 2.10 bits per heavy atom. The Labute approximate surface area is 119 Å². The van der Waals surface area contributed by atoms with Crippen molar-refractivity contribution in [2.24, 2.45) is 0 Å². The first-order chi connectivity index (χ1) is 9.68. The lowest BCUT2D eigenvalue weighted by Gasteiger charge is -2.20. The molecule has 0 saturated carbocycles. The number of aliphatic hydroxyl groups excluding tert-OH is 2. The van der Waals surface area contributed by atoms with Gasteiger partial charge in [-0.1, -0.05) is 0 Å². The Hall–Kier alpha value is -1.67. The minimum Gasteiger partial charge on any atom is -0.394 e. The molecule has 0 aliphatic heterocycles. The number of rotatable bonds is 9. The Bertz CT molecular complexity index is 396. The van der Waals surface area contributed by atoms with E-state index in [0.29, 0.717) is 24.4 Å². The molecule has 20 heavy (non-hydrogen) atoms. The molecule has 8 nitrogen and oxygen atoms in total. The number of hydrogen-bond acceptors (Lipinski definition) is 8. The molecule has 0 aliphatic rings. The number of nitrogens with one attached hydrogen (secondary N) is 2. The van der Waals surface area contributed by atoms with Gasteiger partial charge in [0.1, 0.15) is 0 Å². The summed E-state index contributed by atoms with van der Waals surface area (Å²) in [6.45, 7) is 7.89. The largest absolute Gasteiger partial charge is 0.394 e. The van der Waals surface area contributed by atoms with Crippen LogP contribution in [0.5, 0.6) is 0 Å². The van der Waals surface area contributed by atoms with Crippen molar-refractivity contribution < 1.29 is 10.2 Å². The van der Waals surface area contributed by atoms with Gasteiger partial charge < -0.3 is 25.7 Å². The molecule has 0 radical (unpaired) electrons. The number of hydrogen-bond donors (Lipinski definition) is 4. The molecular weight excluding hydrogens is 260 g/mol. The van der Waals surface area contributed by atoms with Crippen LogP contribution in [0.1, 0.15) is 20.8 Å². The molecule has 4 N–H and O–H groups in total. The first kappa shape index (κ1) is 16.4. The number of aromatic nitrogens is 3. The summed E-state index contributed by atoms with van der Waals surface area (Å²) in [7, 11) is 0. The molecule has 1 rings (SSSR count). The molecule has 1 heterocycles. The molecule has 1 aromatic heterocycles. The first-order valence-electron chi connectivity index (χ1n) is 6.91. The Morgan fingerprint density at radius 1 is 1.00 bits per heavy atom. The lowest BCUT2D eigenvalue weighted by Crippen LogP contribution is -2.30.